The number of amides is 2. The standard InChI is InChI=1S/C29H34ClN5O/c1-19-16-20-2-3-21(17-20)28(19)33-29(36)35-14-12-34(13-15-35)24-7-5-23(6-8-24)32-26-10-11-31-27-18-22(30)4-9-25(26)27/h4-11,18-21,28H,2-3,12-17H2,1H3,(H,31,32)(H,33,36)/t19-,20-,21?,28?/m1/s1. The molecule has 7 heteroatoms. The molecule has 2 aliphatic carbocycles. The molecule has 2 saturated carbocycles. The lowest BCUT2D eigenvalue weighted by Gasteiger charge is -2.39. The summed E-state index contributed by atoms with van der Waals surface area (Å²) in [7, 11) is 0. The second-order valence-corrected chi connectivity index (χ2v) is 11.2. The summed E-state index contributed by atoms with van der Waals surface area (Å²) in [6.45, 7) is 5.53. The number of urea groups is 1. The zero-order valence-electron chi connectivity index (χ0n) is 20.8. The number of nitrogens with one attached hydrogen (secondary N) is 2. The Kier molecular flexibility index (Phi) is 6.38. The van der Waals surface area contributed by atoms with E-state index >= 15 is 0 Å². The minimum absolute atomic E-state index is 0.127. The van der Waals surface area contributed by atoms with Crippen molar-refractivity contribution >= 4 is 45.6 Å². The highest BCUT2D eigenvalue weighted by Crippen LogP contribution is 2.44. The molecule has 6 nitrogen and oxygen atoms in total. The van der Waals surface area contributed by atoms with Crippen molar-refractivity contribution in [2.24, 2.45) is 17.8 Å². The number of hydrogen-bond acceptors (Lipinski definition) is 4. The second kappa shape index (κ2) is 9.81. The van der Waals surface area contributed by atoms with E-state index in [0.717, 1.165) is 54.4 Å². The summed E-state index contributed by atoms with van der Waals surface area (Å²) in [6.07, 6.45) is 7.00. The third-order valence-corrected chi connectivity index (χ3v) is 8.72. The molecule has 3 aromatic rings. The van der Waals surface area contributed by atoms with Gasteiger partial charge in [-0.05, 0) is 85.5 Å². The molecule has 0 radical (unpaired) electrons. The number of pyridine rings is 1. The molecule has 6 rings (SSSR count). The van der Waals surface area contributed by atoms with Gasteiger partial charge in [-0.3, -0.25) is 4.98 Å². The fourth-order valence-electron chi connectivity index (χ4n) is 6.59. The lowest BCUT2D eigenvalue weighted by atomic mass is 9.78. The van der Waals surface area contributed by atoms with Gasteiger partial charge in [0, 0.05) is 65.9 Å². The summed E-state index contributed by atoms with van der Waals surface area (Å²) in [5, 5.41) is 8.65. The molecule has 2 unspecified atom stereocenters. The number of nitrogens with zero attached hydrogens (tertiary/aromatic N) is 3. The van der Waals surface area contributed by atoms with Crippen molar-refractivity contribution in [1.82, 2.24) is 15.2 Å². The summed E-state index contributed by atoms with van der Waals surface area (Å²) >= 11 is 6.12. The molecular formula is C29H34ClN5O. The quantitative estimate of drug-likeness (QED) is 0.439. The highest BCUT2D eigenvalue weighted by Gasteiger charge is 2.41. The Balaban J connectivity index is 1.05. The summed E-state index contributed by atoms with van der Waals surface area (Å²) < 4.78 is 0. The van der Waals surface area contributed by atoms with Crippen molar-refractivity contribution in [3.05, 3.63) is 59.8 Å². The van der Waals surface area contributed by atoms with E-state index in [9.17, 15) is 4.79 Å². The molecular weight excluding hydrogens is 470 g/mol. The van der Waals surface area contributed by atoms with Gasteiger partial charge in [-0.25, -0.2) is 4.79 Å². The van der Waals surface area contributed by atoms with Crippen molar-refractivity contribution in [2.75, 3.05) is 36.4 Å². The third-order valence-electron chi connectivity index (χ3n) is 8.48. The molecule has 4 atom stereocenters. The first-order valence-electron chi connectivity index (χ1n) is 13.3. The minimum Gasteiger partial charge on any atom is -0.368 e. The fraction of sp³-hybridized carbons (Fsp3) is 0.448. The van der Waals surface area contributed by atoms with Gasteiger partial charge in [0.2, 0.25) is 0 Å². The van der Waals surface area contributed by atoms with Crippen LogP contribution < -0.4 is 15.5 Å². The number of piperazine rings is 1. The topological polar surface area (TPSA) is 60.5 Å². The van der Waals surface area contributed by atoms with E-state index < -0.39 is 0 Å². The zero-order chi connectivity index (χ0) is 24.6. The van der Waals surface area contributed by atoms with Crippen LogP contribution >= 0.6 is 11.6 Å². The van der Waals surface area contributed by atoms with Crippen LogP contribution in [0.15, 0.2) is 54.7 Å². The first kappa shape index (κ1) is 23.4. The van der Waals surface area contributed by atoms with Crippen molar-refractivity contribution in [3.8, 4) is 0 Å². The number of anilines is 3. The van der Waals surface area contributed by atoms with E-state index in [4.69, 9.17) is 11.6 Å². The van der Waals surface area contributed by atoms with E-state index in [1.807, 2.05) is 29.2 Å². The monoisotopic (exact) mass is 503 g/mol. The maximum absolute atomic E-state index is 13.0. The van der Waals surface area contributed by atoms with Gasteiger partial charge in [-0.1, -0.05) is 24.9 Å². The Bertz CT molecular complexity index is 1240. The van der Waals surface area contributed by atoms with Gasteiger partial charge < -0.3 is 20.4 Å². The van der Waals surface area contributed by atoms with Crippen LogP contribution in [0.4, 0.5) is 21.9 Å². The zero-order valence-corrected chi connectivity index (χ0v) is 21.5. The normalized spacial score (nSPS) is 25.7. The Morgan fingerprint density at radius 3 is 2.61 bits per heavy atom. The molecule has 3 fully saturated rings. The molecule has 36 heavy (non-hydrogen) atoms. The fourth-order valence-corrected chi connectivity index (χ4v) is 6.76. The van der Waals surface area contributed by atoms with E-state index in [1.54, 1.807) is 6.20 Å². The average Bonchev–Trinajstić information content (AvgIpc) is 3.29. The molecule has 2 heterocycles. The van der Waals surface area contributed by atoms with Crippen LogP contribution in [0.25, 0.3) is 10.9 Å². The third kappa shape index (κ3) is 4.71. The van der Waals surface area contributed by atoms with E-state index in [0.29, 0.717) is 22.9 Å². The molecule has 188 valence electrons. The lowest BCUT2D eigenvalue weighted by molar-refractivity contribution is 0.160. The van der Waals surface area contributed by atoms with Gasteiger partial charge in [-0.2, -0.15) is 0 Å². The Morgan fingerprint density at radius 1 is 1.00 bits per heavy atom. The molecule has 2 bridgehead atoms. The van der Waals surface area contributed by atoms with Gasteiger partial charge >= 0.3 is 6.03 Å². The molecule has 1 aromatic heterocycles. The van der Waals surface area contributed by atoms with Crippen molar-refractivity contribution in [3.63, 3.8) is 0 Å². The number of halogens is 1. The number of carbonyl (C=O) groups is 1. The van der Waals surface area contributed by atoms with Crippen molar-refractivity contribution in [1.29, 1.82) is 0 Å². The van der Waals surface area contributed by atoms with Crippen LogP contribution in [0.5, 0.6) is 0 Å². The Morgan fingerprint density at radius 2 is 1.81 bits per heavy atom. The first-order valence-corrected chi connectivity index (χ1v) is 13.6. The van der Waals surface area contributed by atoms with Gasteiger partial charge in [0.25, 0.3) is 0 Å². The van der Waals surface area contributed by atoms with Crippen LogP contribution in [0.1, 0.15) is 32.6 Å². The molecule has 0 spiro atoms. The van der Waals surface area contributed by atoms with E-state index in [2.05, 4.69) is 51.7 Å². The van der Waals surface area contributed by atoms with Crippen molar-refractivity contribution < 1.29 is 4.79 Å². The summed E-state index contributed by atoms with van der Waals surface area (Å²) in [5.41, 5.74) is 4.08. The number of rotatable bonds is 4. The number of carbonyl (C=O) groups excluding carboxylic acids is 1. The second-order valence-electron chi connectivity index (χ2n) is 10.8. The SMILES string of the molecule is C[C@@H]1C[C@H]2CCC(C2)C1NC(=O)N1CCN(c2ccc(Nc3ccnc4cc(Cl)ccc34)cc2)CC1. The number of hydrogen-bond donors (Lipinski definition) is 2. The maximum Gasteiger partial charge on any atom is 0.317 e. The highest BCUT2D eigenvalue weighted by molar-refractivity contribution is 6.31. The summed E-state index contributed by atoms with van der Waals surface area (Å²) in [6, 6.07) is 16.7. The van der Waals surface area contributed by atoms with Crippen molar-refractivity contribution in [2.45, 2.75) is 38.6 Å². The molecule has 1 saturated heterocycles. The molecule has 1 aliphatic heterocycles. The largest absolute Gasteiger partial charge is 0.368 e. The van der Waals surface area contributed by atoms with Gasteiger partial charge in [0.05, 0.1) is 5.52 Å². The molecule has 2 amide bonds. The van der Waals surface area contributed by atoms with Crippen LogP contribution in [0.2, 0.25) is 5.02 Å². The number of aromatic nitrogens is 1. The van der Waals surface area contributed by atoms with Gasteiger partial charge in [0.15, 0.2) is 0 Å². The predicted octanol–water partition coefficient (Wildman–Crippen LogP) is 6.29. The molecule has 3 aliphatic rings. The smallest absolute Gasteiger partial charge is 0.317 e. The van der Waals surface area contributed by atoms with Crippen LogP contribution in [-0.4, -0.2) is 48.1 Å². The van der Waals surface area contributed by atoms with Gasteiger partial charge in [-0.15, -0.1) is 0 Å². The van der Waals surface area contributed by atoms with Crippen LogP contribution in [0, 0.1) is 17.8 Å². The van der Waals surface area contributed by atoms with Crippen LogP contribution in [0.3, 0.4) is 0 Å². The first-order chi connectivity index (χ1) is 17.5. The number of fused-ring (bicyclic) bond motifs is 3. The predicted molar refractivity (Wildman–Crippen MR) is 147 cm³/mol. The minimum atomic E-state index is 0.127. The van der Waals surface area contributed by atoms with E-state index in [1.165, 1.54) is 31.4 Å². The summed E-state index contributed by atoms with van der Waals surface area (Å²) in [5.74, 6) is 2.17. The van der Waals surface area contributed by atoms with Crippen LogP contribution in [-0.2, 0) is 0 Å². The summed E-state index contributed by atoms with van der Waals surface area (Å²) in [4.78, 5) is 21.8. The van der Waals surface area contributed by atoms with Gasteiger partial charge in [0.1, 0.15) is 0 Å². The Hall–Kier alpha value is -2.99. The number of benzene rings is 2. The molecule has 2 N–H and O–H groups in total. The maximum atomic E-state index is 13.0. The van der Waals surface area contributed by atoms with E-state index in [-0.39, 0.29) is 6.03 Å². The average molecular weight is 504 g/mol. The molecule has 2 aromatic carbocycles. The highest BCUT2D eigenvalue weighted by atomic mass is 35.5. The lowest BCUT2D eigenvalue weighted by Crippen LogP contribution is -2.56. The Labute approximate surface area is 218 Å².